The number of carbonyl (C=O) groups excluding carboxylic acids is 2. The Morgan fingerprint density at radius 2 is 1.76 bits per heavy atom. The first-order valence-corrected chi connectivity index (χ1v) is 12.4. The number of piperazine rings is 1. The molecule has 0 aromatic heterocycles. The van der Waals surface area contributed by atoms with E-state index in [0.717, 1.165) is 35.7 Å². The lowest BCUT2D eigenvalue weighted by Crippen LogP contribution is -2.48. The van der Waals surface area contributed by atoms with Crippen molar-refractivity contribution in [1.29, 1.82) is 0 Å². The molecule has 2 amide bonds. The molecule has 1 aliphatic rings. The van der Waals surface area contributed by atoms with E-state index in [1.165, 1.54) is 19.2 Å². The van der Waals surface area contributed by atoms with Gasteiger partial charge in [-0.05, 0) is 42.5 Å². The summed E-state index contributed by atoms with van der Waals surface area (Å²) < 4.78 is 29.5. The molecule has 3 aromatic carbocycles. The van der Waals surface area contributed by atoms with E-state index in [1.807, 2.05) is 48.5 Å². The fraction of sp³-hybridized carbons (Fsp3) is 0.310. The van der Waals surface area contributed by atoms with Crippen LogP contribution in [0.15, 0.2) is 72.8 Å². The van der Waals surface area contributed by atoms with E-state index in [-0.39, 0.29) is 11.5 Å². The molecule has 1 heterocycles. The summed E-state index contributed by atoms with van der Waals surface area (Å²) in [6.45, 7) is 3.63. The number of halogens is 1. The lowest BCUT2D eigenvalue weighted by atomic mass is 10.2. The summed E-state index contributed by atoms with van der Waals surface area (Å²) in [7, 11) is 3.13. The molecule has 3 aromatic rings. The fourth-order valence-corrected chi connectivity index (χ4v) is 3.74. The molecule has 0 spiro atoms. The molecule has 1 aliphatic heterocycles. The Morgan fingerprint density at radius 3 is 2.47 bits per heavy atom. The molecule has 4 rings (SSSR count). The number of nitrogens with zero attached hydrogens (tertiary/aromatic N) is 1. The number of hydrogen-bond acceptors (Lipinski definition) is 6. The second-order valence-corrected chi connectivity index (χ2v) is 8.34. The molecule has 0 saturated carbocycles. The maximum absolute atomic E-state index is 12.8. The van der Waals surface area contributed by atoms with E-state index < -0.39 is 11.7 Å². The normalized spacial score (nSPS) is 12.8. The average molecular weight is 524 g/mol. The summed E-state index contributed by atoms with van der Waals surface area (Å²) in [5, 5.41) is 5.42. The van der Waals surface area contributed by atoms with Crippen LogP contribution in [0.5, 0.6) is 11.5 Å². The Balaban J connectivity index is 0.000000304. The number of amides is 2. The number of methoxy groups -OCH3 is 1. The average Bonchev–Trinajstić information content (AvgIpc) is 2.96. The molecule has 9 heteroatoms. The smallest absolute Gasteiger partial charge is 0.253 e. The van der Waals surface area contributed by atoms with Gasteiger partial charge in [-0.25, -0.2) is 4.39 Å². The summed E-state index contributed by atoms with van der Waals surface area (Å²) in [6.07, 6.45) is 0.799. The first kappa shape index (κ1) is 28.6. The van der Waals surface area contributed by atoms with Crippen LogP contribution in [0.3, 0.4) is 0 Å². The molecular weight excluding hydrogens is 489 g/mol. The number of para-hydroxylation sites is 1. The number of nitrogens with one attached hydrogen (secondary N) is 2. The lowest BCUT2D eigenvalue weighted by molar-refractivity contribution is -0.118. The third-order valence-corrected chi connectivity index (χ3v) is 5.74. The third-order valence-electron chi connectivity index (χ3n) is 5.74. The van der Waals surface area contributed by atoms with Gasteiger partial charge in [-0.3, -0.25) is 9.59 Å². The van der Waals surface area contributed by atoms with Crippen molar-refractivity contribution in [3.8, 4) is 11.5 Å². The largest absolute Gasteiger partial charge is 0.496 e. The van der Waals surface area contributed by atoms with Crippen molar-refractivity contribution in [3.63, 3.8) is 0 Å². The molecule has 8 nitrogen and oxygen atoms in total. The first-order chi connectivity index (χ1) is 18.5. The van der Waals surface area contributed by atoms with Gasteiger partial charge in [0.1, 0.15) is 17.3 Å². The quantitative estimate of drug-likeness (QED) is 0.393. The summed E-state index contributed by atoms with van der Waals surface area (Å²) in [5.74, 6) is 0.847. The Hall–Kier alpha value is -3.95. The molecule has 1 saturated heterocycles. The van der Waals surface area contributed by atoms with Gasteiger partial charge in [-0.15, -0.1) is 0 Å². The number of anilines is 1. The van der Waals surface area contributed by atoms with Crippen molar-refractivity contribution in [2.75, 3.05) is 51.9 Å². The Morgan fingerprint density at radius 1 is 1.03 bits per heavy atom. The lowest BCUT2D eigenvalue weighted by Gasteiger charge is -2.27. The van der Waals surface area contributed by atoms with Crippen molar-refractivity contribution in [2.45, 2.75) is 13.0 Å². The van der Waals surface area contributed by atoms with Crippen LogP contribution in [-0.4, -0.2) is 58.8 Å². The van der Waals surface area contributed by atoms with E-state index >= 15 is 0 Å². The maximum atomic E-state index is 12.8. The summed E-state index contributed by atoms with van der Waals surface area (Å²) in [5.41, 5.74) is 2.03. The second kappa shape index (κ2) is 15.3. The number of rotatable bonds is 10. The molecule has 38 heavy (non-hydrogen) atoms. The van der Waals surface area contributed by atoms with Crippen LogP contribution in [0.1, 0.15) is 22.3 Å². The first-order valence-electron chi connectivity index (χ1n) is 12.4. The van der Waals surface area contributed by atoms with Crippen LogP contribution in [-0.2, 0) is 16.1 Å². The molecule has 202 valence electrons. The SMILES string of the molecule is CNC(=O)c1ccccc1F.COc1ccccc1COCCCOc1ccc(N2CCNCC2=O)cc1. The van der Waals surface area contributed by atoms with Crippen LogP contribution in [0.25, 0.3) is 0 Å². The highest BCUT2D eigenvalue weighted by Gasteiger charge is 2.18. The zero-order valence-electron chi connectivity index (χ0n) is 21.7. The van der Waals surface area contributed by atoms with Crippen molar-refractivity contribution < 1.29 is 28.2 Å². The van der Waals surface area contributed by atoms with E-state index in [2.05, 4.69) is 10.6 Å². The van der Waals surface area contributed by atoms with Gasteiger partial charge in [0.15, 0.2) is 0 Å². The highest BCUT2D eigenvalue weighted by Crippen LogP contribution is 2.21. The van der Waals surface area contributed by atoms with Crippen LogP contribution in [0, 0.1) is 5.82 Å². The fourth-order valence-electron chi connectivity index (χ4n) is 3.74. The molecular formula is C29H34FN3O5. The molecule has 0 aliphatic carbocycles. The molecule has 2 N–H and O–H groups in total. The van der Waals surface area contributed by atoms with Crippen LogP contribution >= 0.6 is 0 Å². The Labute approximate surface area is 222 Å². The van der Waals surface area contributed by atoms with Crippen molar-refractivity contribution in [1.82, 2.24) is 10.6 Å². The second-order valence-electron chi connectivity index (χ2n) is 8.34. The van der Waals surface area contributed by atoms with E-state index in [4.69, 9.17) is 14.2 Å². The van der Waals surface area contributed by atoms with Crippen molar-refractivity contribution in [3.05, 3.63) is 89.7 Å². The number of ether oxygens (including phenoxy) is 3. The molecule has 0 atom stereocenters. The maximum Gasteiger partial charge on any atom is 0.253 e. The predicted octanol–water partition coefficient (Wildman–Crippen LogP) is 3.80. The number of benzene rings is 3. The van der Waals surface area contributed by atoms with E-state index in [1.54, 1.807) is 24.1 Å². The zero-order chi connectivity index (χ0) is 27.2. The molecule has 0 unspecified atom stereocenters. The zero-order valence-corrected chi connectivity index (χ0v) is 21.7. The van der Waals surface area contributed by atoms with Gasteiger partial charge >= 0.3 is 0 Å². The van der Waals surface area contributed by atoms with E-state index in [9.17, 15) is 14.0 Å². The minimum absolute atomic E-state index is 0.0787. The Bertz CT molecular complexity index is 1170. The number of hydrogen-bond donors (Lipinski definition) is 2. The van der Waals surface area contributed by atoms with Crippen molar-refractivity contribution in [2.24, 2.45) is 0 Å². The van der Waals surface area contributed by atoms with Crippen LogP contribution in [0.2, 0.25) is 0 Å². The minimum atomic E-state index is -0.494. The standard InChI is InChI=1S/C21H26N2O4.C8H8FNO/c1-25-20-6-3-2-5-17(20)16-26-13-4-14-27-19-9-7-18(8-10-19)23-12-11-22-15-21(23)24;1-10-8(11)6-4-2-3-5-7(6)9/h2-3,5-10,22H,4,11-16H2,1H3;2-5H,1H3,(H,10,11). The van der Waals surface area contributed by atoms with Gasteiger partial charge in [0.25, 0.3) is 5.91 Å². The highest BCUT2D eigenvalue weighted by molar-refractivity contribution is 5.95. The van der Waals surface area contributed by atoms with Gasteiger partial charge in [0, 0.05) is 37.8 Å². The summed E-state index contributed by atoms with van der Waals surface area (Å²) in [6, 6.07) is 21.4. The number of carbonyl (C=O) groups is 2. The molecule has 1 fully saturated rings. The summed E-state index contributed by atoms with van der Waals surface area (Å²) in [4.78, 5) is 24.6. The van der Waals surface area contributed by atoms with Gasteiger partial charge < -0.3 is 29.7 Å². The summed E-state index contributed by atoms with van der Waals surface area (Å²) >= 11 is 0. The highest BCUT2D eigenvalue weighted by atomic mass is 19.1. The van der Waals surface area contributed by atoms with Gasteiger partial charge in [0.2, 0.25) is 5.91 Å². The van der Waals surface area contributed by atoms with Gasteiger partial charge in [0.05, 0.1) is 39.0 Å². The van der Waals surface area contributed by atoms with Crippen LogP contribution in [0.4, 0.5) is 10.1 Å². The molecule has 0 radical (unpaired) electrons. The van der Waals surface area contributed by atoms with Gasteiger partial charge in [-0.2, -0.15) is 0 Å². The van der Waals surface area contributed by atoms with Gasteiger partial charge in [-0.1, -0.05) is 30.3 Å². The topological polar surface area (TPSA) is 89.1 Å². The Kier molecular flexibility index (Phi) is 11.5. The minimum Gasteiger partial charge on any atom is -0.496 e. The third kappa shape index (κ3) is 8.57. The predicted molar refractivity (Wildman–Crippen MR) is 144 cm³/mol. The monoisotopic (exact) mass is 523 g/mol. The molecule has 0 bridgehead atoms. The van der Waals surface area contributed by atoms with Crippen LogP contribution < -0.4 is 25.0 Å². The van der Waals surface area contributed by atoms with Crippen molar-refractivity contribution >= 4 is 17.5 Å². The van der Waals surface area contributed by atoms with E-state index in [0.29, 0.717) is 32.9 Å².